The second kappa shape index (κ2) is 4.27. The topological polar surface area (TPSA) is 41.9 Å². The minimum absolute atomic E-state index is 0.909. The molecule has 0 bridgehead atoms. The van der Waals surface area contributed by atoms with Crippen molar-refractivity contribution in [3.8, 4) is 11.1 Å². The Bertz CT molecular complexity index is 783. The minimum Gasteiger partial charge on any atom is -0.359 e. The van der Waals surface area contributed by atoms with E-state index in [9.17, 15) is 0 Å². The summed E-state index contributed by atoms with van der Waals surface area (Å²) < 4.78 is 0. The SMILES string of the molecule is CN1CCc2c1nc1cnncc1c2-c1ccccc1. The predicted molar refractivity (Wildman–Crippen MR) is 79.7 cm³/mol. The molecule has 0 amide bonds. The van der Waals surface area contributed by atoms with Gasteiger partial charge in [-0.05, 0) is 17.5 Å². The number of benzene rings is 1. The molecule has 4 heteroatoms. The van der Waals surface area contributed by atoms with Crippen molar-refractivity contribution in [2.24, 2.45) is 0 Å². The summed E-state index contributed by atoms with van der Waals surface area (Å²) in [5, 5.41) is 9.09. The molecule has 4 rings (SSSR count). The number of anilines is 1. The van der Waals surface area contributed by atoms with Gasteiger partial charge in [0.15, 0.2) is 0 Å². The van der Waals surface area contributed by atoms with Crippen LogP contribution in [0.1, 0.15) is 5.56 Å². The molecule has 3 heterocycles. The van der Waals surface area contributed by atoms with E-state index in [0.717, 1.165) is 29.7 Å². The molecule has 98 valence electrons. The maximum atomic E-state index is 4.75. The highest BCUT2D eigenvalue weighted by atomic mass is 15.2. The van der Waals surface area contributed by atoms with Gasteiger partial charge >= 0.3 is 0 Å². The second-order valence-electron chi connectivity index (χ2n) is 5.11. The zero-order chi connectivity index (χ0) is 13.5. The van der Waals surface area contributed by atoms with Crippen LogP contribution in [0.2, 0.25) is 0 Å². The molecule has 0 N–H and O–H groups in total. The molecule has 2 aromatic heterocycles. The van der Waals surface area contributed by atoms with Gasteiger partial charge in [0.25, 0.3) is 0 Å². The van der Waals surface area contributed by atoms with Crippen molar-refractivity contribution in [2.75, 3.05) is 18.5 Å². The summed E-state index contributed by atoms with van der Waals surface area (Å²) in [6.45, 7) is 1.01. The number of likely N-dealkylation sites (N-methyl/N-ethyl adjacent to an activating group) is 1. The fourth-order valence-corrected chi connectivity index (χ4v) is 2.92. The lowest BCUT2D eigenvalue weighted by molar-refractivity contribution is 0.947. The van der Waals surface area contributed by atoms with E-state index in [2.05, 4.69) is 46.4 Å². The summed E-state index contributed by atoms with van der Waals surface area (Å²) in [6.07, 6.45) is 4.60. The van der Waals surface area contributed by atoms with Gasteiger partial charge in [0.1, 0.15) is 5.82 Å². The van der Waals surface area contributed by atoms with Gasteiger partial charge in [0, 0.05) is 24.5 Å². The third-order valence-electron chi connectivity index (χ3n) is 3.90. The lowest BCUT2D eigenvalue weighted by atomic mass is 9.96. The maximum absolute atomic E-state index is 4.75. The molecule has 1 aromatic carbocycles. The Kier molecular flexibility index (Phi) is 2.42. The average Bonchev–Trinajstić information content (AvgIpc) is 2.87. The third-order valence-corrected chi connectivity index (χ3v) is 3.90. The van der Waals surface area contributed by atoms with E-state index >= 15 is 0 Å². The fraction of sp³-hybridized carbons (Fsp3) is 0.188. The number of hydrogen-bond acceptors (Lipinski definition) is 4. The Hall–Kier alpha value is -2.49. The van der Waals surface area contributed by atoms with Crippen molar-refractivity contribution >= 4 is 16.7 Å². The highest BCUT2D eigenvalue weighted by Gasteiger charge is 2.23. The number of pyridine rings is 1. The van der Waals surface area contributed by atoms with Gasteiger partial charge < -0.3 is 4.90 Å². The number of nitrogens with zero attached hydrogens (tertiary/aromatic N) is 4. The summed E-state index contributed by atoms with van der Waals surface area (Å²) in [4.78, 5) is 6.96. The number of fused-ring (bicyclic) bond motifs is 2. The molecule has 4 nitrogen and oxygen atoms in total. The van der Waals surface area contributed by atoms with E-state index in [1.807, 2.05) is 12.3 Å². The third kappa shape index (κ3) is 1.58. The molecule has 0 spiro atoms. The molecule has 1 aliphatic rings. The maximum Gasteiger partial charge on any atom is 0.133 e. The molecule has 0 aliphatic carbocycles. The quantitative estimate of drug-likeness (QED) is 0.676. The van der Waals surface area contributed by atoms with Gasteiger partial charge in [-0.3, -0.25) is 0 Å². The summed E-state index contributed by atoms with van der Waals surface area (Å²) in [5.41, 5.74) is 4.70. The van der Waals surface area contributed by atoms with Crippen molar-refractivity contribution in [2.45, 2.75) is 6.42 Å². The molecule has 0 fully saturated rings. The van der Waals surface area contributed by atoms with Gasteiger partial charge in [0.05, 0.1) is 17.9 Å². The first-order valence-corrected chi connectivity index (χ1v) is 6.74. The normalized spacial score (nSPS) is 13.8. The largest absolute Gasteiger partial charge is 0.359 e. The number of rotatable bonds is 1. The van der Waals surface area contributed by atoms with E-state index in [1.165, 1.54) is 16.7 Å². The Morgan fingerprint density at radius 1 is 1.05 bits per heavy atom. The van der Waals surface area contributed by atoms with E-state index in [-0.39, 0.29) is 0 Å². The second-order valence-corrected chi connectivity index (χ2v) is 5.11. The van der Waals surface area contributed by atoms with Crippen molar-refractivity contribution in [1.82, 2.24) is 15.2 Å². The first-order chi connectivity index (χ1) is 9.84. The molecule has 0 saturated carbocycles. The summed E-state index contributed by atoms with van der Waals surface area (Å²) in [6, 6.07) is 10.5. The van der Waals surface area contributed by atoms with Crippen LogP contribution < -0.4 is 4.90 Å². The lowest BCUT2D eigenvalue weighted by Crippen LogP contribution is -2.13. The summed E-state index contributed by atoms with van der Waals surface area (Å²) in [7, 11) is 2.09. The molecule has 0 radical (unpaired) electrons. The van der Waals surface area contributed by atoms with Crippen LogP contribution in [0, 0.1) is 0 Å². The summed E-state index contributed by atoms with van der Waals surface area (Å²) >= 11 is 0. The average molecular weight is 262 g/mol. The Labute approximate surface area is 117 Å². The van der Waals surface area contributed by atoms with Crippen molar-refractivity contribution < 1.29 is 0 Å². The van der Waals surface area contributed by atoms with Gasteiger partial charge in [-0.2, -0.15) is 10.2 Å². The van der Waals surface area contributed by atoms with Crippen LogP contribution in [0.15, 0.2) is 42.7 Å². The van der Waals surface area contributed by atoms with Crippen molar-refractivity contribution in [3.63, 3.8) is 0 Å². The fourth-order valence-electron chi connectivity index (χ4n) is 2.92. The van der Waals surface area contributed by atoms with Crippen LogP contribution in [-0.4, -0.2) is 28.8 Å². The molecular formula is C16H14N4. The van der Waals surface area contributed by atoms with Gasteiger partial charge in [-0.1, -0.05) is 30.3 Å². The van der Waals surface area contributed by atoms with E-state index in [4.69, 9.17) is 4.98 Å². The minimum atomic E-state index is 0.909. The highest BCUT2D eigenvalue weighted by molar-refractivity contribution is 5.98. The van der Waals surface area contributed by atoms with Gasteiger partial charge in [0.2, 0.25) is 0 Å². The first-order valence-electron chi connectivity index (χ1n) is 6.74. The van der Waals surface area contributed by atoms with Crippen LogP contribution in [0.25, 0.3) is 22.0 Å². The molecule has 3 aromatic rings. The standard InChI is InChI=1S/C16H14N4/c1-20-8-7-12-15(11-5-3-2-4-6-11)13-9-17-18-10-14(13)19-16(12)20/h2-6,9-10H,7-8H2,1H3. The van der Waals surface area contributed by atoms with Crippen LogP contribution >= 0.6 is 0 Å². The van der Waals surface area contributed by atoms with Gasteiger partial charge in [-0.15, -0.1) is 0 Å². The van der Waals surface area contributed by atoms with Crippen LogP contribution in [0.5, 0.6) is 0 Å². The van der Waals surface area contributed by atoms with Crippen LogP contribution in [-0.2, 0) is 6.42 Å². The highest BCUT2D eigenvalue weighted by Crippen LogP contribution is 2.38. The monoisotopic (exact) mass is 262 g/mol. The number of hydrogen-bond donors (Lipinski definition) is 0. The Morgan fingerprint density at radius 2 is 1.85 bits per heavy atom. The molecule has 0 unspecified atom stereocenters. The summed E-state index contributed by atoms with van der Waals surface area (Å²) in [5.74, 6) is 1.07. The molecule has 20 heavy (non-hydrogen) atoms. The van der Waals surface area contributed by atoms with Crippen molar-refractivity contribution in [1.29, 1.82) is 0 Å². The van der Waals surface area contributed by atoms with Crippen LogP contribution in [0.4, 0.5) is 5.82 Å². The smallest absolute Gasteiger partial charge is 0.133 e. The zero-order valence-corrected chi connectivity index (χ0v) is 11.2. The van der Waals surface area contributed by atoms with Gasteiger partial charge in [-0.25, -0.2) is 4.98 Å². The lowest BCUT2D eigenvalue weighted by Gasteiger charge is -2.14. The van der Waals surface area contributed by atoms with E-state index in [1.54, 1.807) is 6.20 Å². The Morgan fingerprint density at radius 3 is 2.70 bits per heavy atom. The Balaban J connectivity index is 2.12. The zero-order valence-electron chi connectivity index (χ0n) is 11.2. The predicted octanol–water partition coefficient (Wildman–Crippen LogP) is 2.68. The van der Waals surface area contributed by atoms with Crippen molar-refractivity contribution in [3.05, 3.63) is 48.3 Å². The van der Waals surface area contributed by atoms with Crippen LogP contribution in [0.3, 0.4) is 0 Å². The molecule has 0 saturated heterocycles. The molecule has 0 atom stereocenters. The molecule has 1 aliphatic heterocycles. The first kappa shape index (κ1) is 11.3. The van der Waals surface area contributed by atoms with E-state index < -0.39 is 0 Å². The number of aromatic nitrogens is 3. The van der Waals surface area contributed by atoms with E-state index in [0.29, 0.717) is 0 Å². The molecular weight excluding hydrogens is 248 g/mol.